The van der Waals surface area contributed by atoms with Crippen molar-refractivity contribution < 1.29 is 41.8 Å². The zero-order valence-electron chi connectivity index (χ0n) is 16.9. The van der Waals surface area contributed by atoms with Crippen LogP contribution in [0.15, 0.2) is 41.1 Å². The monoisotopic (exact) mass is 451 g/mol. The number of aryl methyl sites for hydroxylation is 1. The SMILES string of the molecule is CO/C=C(\C(=O)O)c1c(OC)nc(C)nc1Oc1cccc(-c2cc(C(F)(F)F)no2)c1. The molecule has 0 saturated heterocycles. The average molecular weight is 451 g/mol. The molecule has 3 rings (SSSR count). The third-order valence-corrected chi connectivity index (χ3v) is 4.02. The summed E-state index contributed by atoms with van der Waals surface area (Å²) in [4.78, 5) is 20.0. The lowest BCUT2D eigenvalue weighted by molar-refractivity contribution is -0.142. The lowest BCUT2D eigenvalue weighted by Crippen LogP contribution is -2.08. The minimum atomic E-state index is -4.65. The predicted molar refractivity (Wildman–Crippen MR) is 103 cm³/mol. The molecule has 0 aliphatic rings. The first-order chi connectivity index (χ1) is 15.1. The molecule has 0 bridgehead atoms. The van der Waals surface area contributed by atoms with Gasteiger partial charge in [-0.3, -0.25) is 0 Å². The highest BCUT2D eigenvalue weighted by atomic mass is 19.4. The second-order valence-corrected chi connectivity index (χ2v) is 6.24. The number of carbonyl (C=O) groups is 1. The smallest absolute Gasteiger partial charge is 0.436 e. The predicted octanol–water partition coefficient (Wildman–Crippen LogP) is 4.33. The van der Waals surface area contributed by atoms with Gasteiger partial charge in [0.15, 0.2) is 11.5 Å². The molecule has 0 aliphatic heterocycles. The number of alkyl halides is 3. The van der Waals surface area contributed by atoms with Crippen LogP contribution < -0.4 is 9.47 Å². The van der Waals surface area contributed by atoms with Gasteiger partial charge in [0.2, 0.25) is 11.8 Å². The third-order valence-electron chi connectivity index (χ3n) is 4.02. The lowest BCUT2D eigenvalue weighted by Gasteiger charge is -2.14. The number of hydrogen-bond donors (Lipinski definition) is 1. The Morgan fingerprint density at radius 2 is 1.88 bits per heavy atom. The van der Waals surface area contributed by atoms with Gasteiger partial charge in [0.25, 0.3) is 0 Å². The number of rotatable bonds is 7. The van der Waals surface area contributed by atoms with Crippen molar-refractivity contribution in [1.82, 2.24) is 15.1 Å². The summed E-state index contributed by atoms with van der Waals surface area (Å²) in [6, 6.07) is 6.64. The maximum absolute atomic E-state index is 12.8. The summed E-state index contributed by atoms with van der Waals surface area (Å²) in [6.45, 7) is 1.54. The number of carboxylic acids is 1. The number of aromatic nitrogens is 3. The van der Waals surface area contributed by atoms with Gasteiger partial charge in [0.1, 0.15) is 22.7 Å². The maximum atomic E-state index is 12.8. The van der Waals surface area contributed by atoms with Gasteiger partial charge in [0, 0.05) is 11.6 Å². The fourth-order valence-electron chi connectivity index (χ4n) is 2.68. The Morgan fingerprint density at radius 1 is 1.16 bits per heavy atom. The van der Waals surface area contributed by atoms with Crippen LogP contribution in [0.3, 0.4) is 0 Å². The molecule has 32 heavy (non-hydrogen) atoms. The molecule has 2 aromatic heterocycles. The fourth-order valence-corrected chi connectivity index (χ4v) is 2.68. The summed E-state index contributed by atoms with van der Waals surface area (Å²) >= 11 is 0. The molecule has 0 radical (unpaired) electrons. The van der Waals surface area contributed by atoms with Crippen LogP contribution in [0.4, 0.5) is 13.2 Å². The Morgan fingerprint density at radius 3 is 2.47 bits per heavy atom. The Labute approximate surface area is 179 Å². The Kier molecular flexibility index (Phi) is 6.32. The number of methoxy groups -OCH3 is 2. The van der Waals surface area contributed by atoms with Crippen molar-refractivity contribution in [3.8, 4) is 28.8 Å². The summed E-state index contributed by atoms with van der Waals surface area (Å²) in [5, 5.41) is 12.6. The molecule has 9 nitrogen and oxygen atoms in total. The van der Waals surface area contributed by atoms with Crippen LogP contribution in [0, 0.1) is 6.92 Å². The van der Waals surface area contributed by atoms with Crippen molar-refractivity contribution in [3.05, 3.63) is 53.7 Å². The van der Waals surface area contributed by atoms with E-state index < -0.39 is 17.8 Å². The van der Waals surface area contributed by atoms with Crippen LogP contribution in [-0.4, -0.2) is 40.4 Å². The van der Waals surface area contributed by atoms with Gasteiger partial charge < -0.3 is 23.8 Å². The van der Waals surface area contributed by atoms with E-state index in [-0.39, 0.29) is 45.8 Å². The number of nitrogens with zero attached hydrogens (tertiary/aromatic N) is 3. The summed E-state index contributed by atoms with van der Waals surface area (Å²) in [5.74, 6) is -1.35. The van der Waals surface area contributed by atoms with E-state index in [1.165, 1.54) is 38.5 Å². The molecule has 12 heteroatoms. The van der Waals surface area contributed by atoms with Crippen LogP contribution >= 0.6 is 0 Å². The molecule has 0 aliphatic carbocycles. The number of hydrogen-bond acceptors (Lipinski definition) is 8. The quantitative estimate of drug-likeness (QED) is 0.414. The van der Waals surface area contributed by atoms with Crippen LogP contribution in [0.25, 0.3) is 16.9 Å². The van der Waals surface area contributed by atoms with E-state index in [9.17, 15) is 23.1 Å². The second-order valence-electron chi connectivity index (χ2n) is 6.24. The summed E-state index contributed by atoms with van der Waals surface area (Å²) < 4.78 is 59.0. The molecule has 2 heterocycles. The topological polar surface area (TPSA) is 117 Å². The standard InChI is InChI=1S/C20H16F3N3O6/c1-10-24-17(30-3)16(13(9-29-2)19(27)28)18(25-10)31-12-6-4-5-11(7-12)14-8-15(26-32-14)20(21,22)23/h4-9H,1-3H3,(H,27,28)/b13-9-. The van der Waals surface area contributed by atoms with E-state index in [1.807, 2.05) is 0 Å². The molecule has 1 N–H and O–H groups in total. The van der Waals surface area contributed by atoms with Crippen LogP contribution in [0.2, 0.25) is 0 Å². The minimum absolute atomic E-state index is 0.0700. The van der Waals surface area contributed by atoms with Gasteiger partial charge in [-0.2, -0.15) is 23.1 Å². The molecule has 0 saturated carbocycles. The van der Waals surface area contributed by atoms with Gasteiger partial charge in [-0.1, -0.05) is 17.3 Å². The highest BCUT2D eigenvalue weighted by molar-refractivity contribution is 6.16. The largest absolute Gasteiger partial charge is 0.503 e. The van der Waals surface area contributed by atoms with Crippen molar-refractivity contribution in [2.75, 3.05) is 14.2 Å². The molecule has 0 unspecified atom stereocenters. The van der Waals surface area contributed by atoms with E-state index in [4.69, 9.17) is 18.7 Å². The van der Waals surface area contributed by atoms with Crippen LogP contribution in [0.5, 0.6) is 17.5 Å². The van der Waals surface area contributed by atoms with Gasteiger partial charge in [-0.15, -0.1) is 0 Å². The highest BCUT2D eigenvalue weighted by Crippen LogP contribution is 2.37. The van der Waals surface area contributed by atoms with Crippen LogP contribution in [0.1, 0.15) is 17.1 Å². The minimum Gasteiger partial charge on any atom is -0.503 e. The Bertz CT molecular complexity index is 1170. The van der Waals surface area contributed by atoms with E-state index in [0.717, 1.165) is 12.3 Å². The molecule has 0 spiro atoms. The van der Waals surface area contributed by atoms with Crippen LogP contribution in [-0.2, 0) is 15.7 Å². The molecule has 1 aromatic carbocycles. The zero-order valence-corrected chi connectivity index (χ0v) is 16.9. The molecule has 0 fully saturated rings. The Balaban J connectivity index is 2.05. The number of aliphatic carboxylic acids is 1. The number of benzene rings is 1. The van der Waals surface area contributed by atoms with Gasteiger partial charge in [-0.05, 0) is 19.1 Å². The fraction of sp³-hybridized carbons (Fsp3) is 0.200. The molecule has 168 valence electrons. The lowest BCUT2D eigenvalue weighted by atomic mass is 10.1. The highest BCUT2D eigenvalue weighted by Gasteiger charge is 2.35. The van der Waals surface area contributed by atoms with Crippen molar-refractivity contribution in [1.29, 1.82) is 0 Å². The van der Waals surface area contributed by atoms with E-state index in [2.05, 4.69) is 15.1 Å². The van der Waals surface area contributed by atoms with Crippen molar-refractivity contribution in [2.24, 2.45) is 0 Å². The zero-order chi connectivity index (χ0) is 23.5. The maximum Gasteiger partial charge on any atom is 0.436 e. The van der Waals surface area contributed by atoms with Crippen molar-refractivity contribution >= 4 is 11.5 Å². The van der Waals surface area contributed by atoms with Gasteiger partial charge >= 0.3 is 12.1 Å². The average Bonchev–Trinajstić information content (AvgIpc) is 3.23. The molecule has 3 aromatic rings. The molecule has 0 atom stereocenters. The van der Waals surface area contributed by atoms with Crippen molar-refractivity contribution in [3.63, 3.8) is 0 Å². The number of halogens is 3. The van der Waals surface area contributed by atoms with E-state index >= 15 is 0 Å². The normalized spacial score (nSPS) is 11.9. The van der Waals surface area contributed by atoms with E-state index in [1.54, 1.807) is 6.92 Å². The molecular formula is C20H16F3N3O6. The Hall–Kier alpha value is -4.09. The first-order valence-corrected chi connectivity index (χ1v) is 8.85. The first kappa shape index (κ1) is 22.6. The van der Waals surface area contributed by atoms with Gasteiger partial charge in [0.05, 0.1) is 20.5 Å². The number of ether oxygens (including phenoxy) is 3. The van der Waals surface area contributed by atoms with Gasteiger partial charge in [-0.25, -0.2) is 4.79 Å². The summed E-state index contributed by atoms with van der Waals surface area (Å²) in [6.07, 6.45) is -3.68. The first-order valence-electron chi connectivity index (χ1n) is 8.85. The molecular weight excluding hydrogens is 435 g/mol. The second kappa shape index (κ2) is 8.96. The third kappa shape index (κ3) is 4.79. The summed E-state index contributed by atoms with van der Waals surface area (Å²) in [5.41, 5.74) is -1.35. The number of carboxylic acid groups (broad SMARTS) is 1. The van der Waals surface area contributed by atoms with E-state index in [0.29, 0.717) is 0 Å². The van der Waals surface area contributed by atoms with Crippen molar-refractivity contribution in [2.45, 2.75) is 13.1 Å². The summed E-state index contributed by atoms with van der Waals surface area (Å²) in [7, 11) is 2.56. The molecule has 0 amide bonds.